The highest BCUT2D eigenvalue weighted by Crippen LogP contribution is 2.31. The highest BCUT2D eigenvalue weighted by Gasteiger charge is 2.18. The van der Waals surface area contributed by atoms with Gasteiger partial charge in [-0.3, -0.25) is 0 Å². The molecule has 0 fully saturated rings. The maximum atomic E-state index is 11.3. The fourth-order valence-electron chi connectivity index (χ4n) is 2.24. The molecule has 0 saturated heterocycles. The normalized spacial score (nSPS) is 13.4. The van der Waals surface area contributed by atoms with E-state index in [0.717, 1.165) is 22.1 Å². The lowest BCUT2D eigenvalue weighted by molar-refractivity contribution is 0.421. The molecule has 2 rings (SSSR count). The second-order valence-electron chi connectivity index (χ2n) is 4.78. The molecule has 0 radical (unpaired) electrons. The van der Waals surface area contributed by atoms with E-state index in [1.807, 2.05) is 12.1 Å². The zero-order valence-corrected chi connectivity index (χ0v) is 12.4. The number of H-pyrrole nitrogens is 2. The first kappa shape index (κ1) is 13.4. The number of hydrogen-bond donors (Lipinski definition) is 3. The topological polar surface area (TPSA) is 60.7 Å². The molecule has 98 valence electrons. The Kier molecular flexibility index (Phi) is 3.92. The fourth-order valence-corrected chi connectivity index (χ4v) is 2.83. The predicted molar refractivity (Wildman–Crippen MR) is 77.9 cm³/mol. The maximum absolute atomic E-state index is 11.3. The summed E-state index contributed by atoms with van der Waals surface area (Å²) in [5.41, 5.74) is 2.68. The standard InChI is InChI=1S/C13H18BrN3O/c1-4-15-12(7(2)3)8-5-10-11(6-9(8)14)17-13(18)16-10/h5-7,12,15H,4H2,1-3H3,(H2,16,17,18). The third kappa shape index (κ3) is 2.52. The van der Waals surface area contributed by atoms with Crippen molar-refractivity contribution in [3.8, 4) is 0 Å². The molecule has 4 nitrogen and oxygen atoms in total. The largest absolute Gasteiger partial charge is 0.323 e. The van der Waals surface area contributed by atoms with Gasteiger partial charge >= 0.3 is 5.69 Å². The Balaban J connectivity index is 2.54. The first-order chi connectivity index (χ1) is 8.52. The number of fused-ring (bicyclic) bond motifs is 1. The molecule has 2 aromatic rings. The SMILES string of the molecule is CCNC(c1cc2[nH]c(=O)[nH]c2cc1Br)C(C)C. The number of aromatic amines is 2. The summed E-state index contributed by atoms with van der Waals surface area (Å²) in [5, 5.41) is 3.48. The van der Waals surface area contributed by atoms with E-state index in [2.05, 4.69) is 52.0 Å². The highest BCUT2D eigenvalue weighted by molar-refractivity contribution is 9.10. The van der Waals surface area contributed by atoms with E-state index in [-0.39, 0.29) is 11.7 Å². The summed E-state index contributed by atoms with van der Waals surface area (Å²) >= 11 is 3.59. The van der Waals surface area contributed by atoms with Crippen molar-refractivity contribution < 1.29 is 0 Å². The van der Waals surface area contributed by atoms with Gasteiger partial charge in [-0.2, -0.15) is 0 Å². The van der Waals surface area contributed by atoms with Gasteiger partial charge in [0.1, 0.15) is 0 Å². The molecule has 1 atom stereocenters. The van der Waals surface area contributed by atoms with Crippen LogP contribution < -0.4 is 11.0 Å². The minimum atomic E-state index is -0.168. The molecule has 1 unspecified atom stereocenters. The summed E-state index contributed by atoms with van der Waals surface area (Å²) < 4.78 is 1.02. The van der Waals surface area contributed by atoms with Gasteiger partial charge in [-0.1, -0.05) is 36.7 Å². The average molecular weight is 312 g/mol. The van der Waals surface area contributed by atoms with E-state index in [4.69, 9.17) is 0 Å². The minimum absolute atomic E-state index is 0.168. The third-order valence-electron chi connectivity index (χ3n) is 3.06. The van der Waals surface area contributed by atoms with Gasteiger partial charge in [0.15, 0.2) is 0 Å². The Morgan fingerprint density at radius 1 is 1.28 bits per heavy atom. The van der Waals surface area contributed by atoms with Crippen molar-refractivity contribution in [1.82, 2.24) is 15.3 Å². The van der Waals surface area contributed by atoms with E-state index >= 15 is 0 Å². The number of benzene rings is 1. The number of nitrogens with one attached hydrogen (secondary N) is 3. The number of imidazole rings is 1. The summed E-state index contributed by atoms with van der Waals surface area (Å²) in [4.78, 5) is 16.9. The van der Waals surface area contributed by atoms with Gasteiger partial charge in [0.25, 0.3) is 0 Å². The molecule has 3 N–H and O–H groups in total. The molecular formula is C13H18BrN3O. The number of rotatable bonds is 4. The Morgan fingerprint density at radius 3 is 2.44 bits per heavy atom. The van der Waals surface area contributed by atoms with Crippen molar-refractivity contribution in [3.63, 3.8) is 0 Å². The maximum Gasteiger partial charge on any atom is 0.323 e. The van der Waals surface area contributed by atoms with Gasteiger partial charge in [0.05, 0.1) is 11.0 Å². The molecule has 0 spiro atoms. The lowest BCUT2D eigenvalue weighted by Crippen LogP contribution is -2.25. The molecule has 1 heterocycles. The van der Waals surface area contributed by atoms with Crippen molar-refractivity contribution >= 4 is 27.0 Å². The zero-order chi connectivity index (χ0) is 13.3. The van der Waals surface area contributed by atoms with E-state index in [9.17, 15) is 4.79 Å². The molecule has 1 aromatic heterocycles. The monoisotopic (exact) mass is 311 g/mol. The molecule has 1 aromatic carbocycles. The van der Waals surface area contributed by atoms with Crippen LogP contribution in [0.25, 0.3) is 11.0 Å². The predicted octanol–water partition coefficient (Wildman–Crippen LogP) is 2.93. The quantitative estimate of drug-likeness (QED) is 0.813. The molecule has 0 bridgehead atoms. The lowest BCUT2D eigenvalue weighted by Gasteiger charge is -2.23. The number of halogens is 1. The van der Waals surface area contributed by atoms with Gasteiger partial charge < -0.3 is 15.3 Å². The summed E-state index contributed by atoms with van der Waals surface area (Å²) in [6.45, 7) is 7.38. The van der Waals surface area contributed by atoms with Crippen molar-refractivity contribution in [1.29, 1.82) is 0 Å². The molecule has 0 aliphatic heterocycles. The fraction of sp³-hybridized carbons (Fsp3) is 0.462. The van der Waals surface area contributed by atoms with Gasteiger partial charge in [0.2, 0.25) is 0 Å². The zero-order valence-electron chi connectivity index (χ0n) is 10.8. The first-order valence-electron chi connectivity index (χ1n) is 6.17. The molecule has 18 heavy (non-hydrogen) atoms. The van der Waals surface area contributed by atoms with Crippen LogP contribution in [0.2, 0.25) is 0 Å². The molecule has 0 amide bonds. The van der Waals surface area contributed by atoms with Gasteiger partial charge in [0, 0.05) is 10.5 Å². The third-order valence-corrected chi connectivity index (χ3v) is 3.75. The minimum Gasteiger partial charge on any atom is -0.310 e. The summed E-state index contributed by atoms with van der Waals surface area (Å²) in [7, 11) is 0. The van der Waals surface area contributed by atoms with E-state index < -0.39 is 0 Å². The molecule has 0 saturated carbocycles. The van der Waals surface area contributed by atoms with Crippen LogP contribution in [-0.2, 0) is 0 Å². The Morgan fingerprint density at radius 2 is 1.89 bits per heavy atom. The van der Waals surface area contributed by atoms with Crippen LogP contribution in [0.15, 0.2) is 21.4 Å². The summed E-state index contributed by atoms with van der Waals surface area (Å²) in [5.74, 6) is 0.476. The smallest absolute Gasteiger partial charge is 0.310 e. The first-order valence-corrected chi connectivity index (χ1v) is 6.97. The van der Waals surface area contributed by atoms with Crippen molar-refractivity contribution in [2.45, 2.75) is 26.8 Å². The van der Waals surface area contributed by atoms with E-state index in [1.54, 1.807) is 0 Å². The van der Waals surface area contributed by atoms with Crippen LogP contribution in [-0.4, -0.2) is 16.5 Å². The number of aromatic nitrogens is 2. The molecule has 5 heteroatoms. The van der Waals surface area contributed by atoms with Crippen LogP contribution in [0.1, 0.15) is 32.4 Å². The highest BCUT2D eigenvalue weighted by atomic mass is 79.9. The van der Waals surface area contributed by atoms with E-state index in [1.165, 1.54) is 5.56 Å². The van der Waals surface area contributed by atoms with Crippen molar-refractivity contribution in [2.24, 2.45) is 5.92 Å². The van der Waals surface area contributed by atoms with Crippen molar-refractivity contribution in [3.05, 3.63) is 32.7 Å². The molecular weight excluding hydrogens is 294 g/mol. The van der Waals surface area contributed by atoms with Gasteiger partial charge in [-0.25, -0.2) is 4.79 Å². The van der Waals surface area contributed by atoms with Crippen LogP contribution in [0.3, 0.4) is 0 Å². The Labute approximate surface area is 114 Å². The number of hydrogen-bond acceptors (Lipinski definition) is 2. The Hall–Kier alpha value is -1.07. The lowest BCUT2D eigenvalue weighted by atomic mass is 9.95. The van der Waals surface area contributed by atoms with Crippen LogP contribution in [0.4, 0.5) is 0 Å². The van der Waals surface area contributed by atoms with Gasteiger partial charge in [-0.15, -0.1) is 0 Å². The van der Waals surface area contributed by atoms with Crippen LogP contribution >= 0.6 is 15.9 Å². The Bertz CT molecular complexity index is 600. The average Bonchev–Trinajstić information content (AvgIpc) is 2.64. The van der Waals surface area contributed by atoms with E-state index in [0.29, 0.717) is 5.92 Å². The molecule has 0 aliphatic rings. The summed E-state index contributed by atoms with van der Waals surface area (Å²) in [6, 6.07) is 4.26. The molecule has 0 aliphatic carbocycles. The van der Waals surface area contributed by atoms with Gasteiger partial charge in [-0.05, 0) is 30.2 Å². The second-order valence-corrected chi connectivity index (χ2v) is 5.63. The summed E-state index contributed by atoms with van der Waals surface area (Å²) in [6.07, 6.45) is 0. The van der Waals surface area contributed by atoms with Crippen LogP contribution in [0, 0.1) is 5.92 Å². The van der Waals surface area contributed by atoms with Crippen molar-refractivity contribution in [2.75, 3.05) is 6.54 Å². The van der Waals surface area contributed by atoms with Crippen LogP contribution in [0.5, 0.6) is 0 Å². The second kappa shape index (κ2) is 5.28.